The number of nitrogens with zero attached hydrogens (tertiary/aromatic N) is 3. The van der Waals surface area contributed by atoms with E-state index in [2.05, 4.69) is 37.9 Å². The summed E-state index contributed by atoms with van der Waals surface area (Å²) in [6, 6.07) is 0.282. The number of nitro groups is 1. The summed E-state index contributed by atoms with van der Waals surface area (Å²) in [5.41, 5.74) is 2.62. The molecule has 0 N–H and O–H groups in total. The number of imidazole rings is 1. The van der Waals surface area contributed by atoms with Gasteiger partial charge in [0.2, 0.25) is 0 Å². The van der Waals surface area contributed by atoms with E-state index in [9.17, 15) is 10.1 Å². The molecule has 23 heavy (non-hydrogen) atoms. The van der Waals surface area contributed by atoms with E-state index < -0.39 is 4.92 Å². The number of fused-ring (bicyclic) bond motifs is 1. The number of ether oxygens (including phenoxy) is 2. The molecular weight excluding hydrogens is 298 g/mol. The number of aromatic nitrogens is 2. The summed E-state index contributed by atoms with van der Waals surface area (Å²) in [5.74, 6) is -0.198. The van der Waals surface area contributed by atoms with E-state index in [1.807, 2.05) is 0 Å². The van der Waals surface area contributed by atoms with Crippen LogP contribution in [0.15, 0.2) is 29.5 Å². The van der Waals surface area contributed by atoms with Gasteiger partial charge in [0.15, 0.2) is 0 Å². The zero-order chi connectivity index (χ0) is 16.8. The lowest BCUT2D eigenvalue weighted by atomic mass is 10.1. The van der Waals surface area contributed by atoms with Gasteiger partial charge in [-0.1, -0.05) is 23.3 Å². The molecule has 7 heteroatoms. The van der Waals surface area contributed by atoms with Crippen LogP contribution in [0.1, 0.15) is 33.6 Å². The van der Waals surface area contributed by atoms with E-state index in [4.69, 9.17) is 9.47 Å². The fourth-order valence-electron chi connectivity index (χ4n) is 2.28. The third-order valence-electron chi connectivity index (χ3n) is 3.57. The summed E-state index contributed by atoms with van der Waals surface area (Å²) in [6.45, 7) is 7.68. The molecule has 1 atom stereocenters. The Bertz CT molecular complexity index is 615. The van der Waals surface area contributed by atoms with Gasteiger partial charge in [0.1, 0.15) is 18.9 Å². The lowest BCUT2D eigenvalue weighted by Gasteiger charge is -2.21. The van der Waals surface area contributed by atoms with Gasteiger partial charge in [-0.15, -0.1) is 0 Å². The summed E-state index contributed by atoms with van der Waals surface area (Å²) >= 11 is 0. The molecule has 0 aromatic carbocycles. The molecule has 0 radical (unpaired) electrons. The van der Waals surface area contributed by atoms with Crippen molar-refractivity contribution in [1.82, 2.24) is 9.55 Å². The normalized spacial score (nSPS) is 17.3. The second-order valence-electron chi connectivity index (χ2n) is 5.93. The summed E-state index contributed by atoms with van der Waals surface area (Å²) in [6.07, 6.45) is 7.61. The Morgan fingerprint density at radius 2 is 2.30 bits per heavy atom. The van der Waals surface area contributed by atoms with Crippen LogP contribution in [-0.2, 0) is 11.3 Å². The molecule has 0 unspecified atom stereocenters. The van der Waals surface area contributed by atoms with Crippen LogP contribution in [0, 0.1) is 10.1 Å². The lowest BCUT2D eigenvalue weighted by molar-refractivity contribution is -0.389. The largest absolute Gasteiger partial charge is 0.443 e. The second kappa shape index (κ2) is 7.92. The highest BCUT2D eigenvalue weighted by Gasteiger charge is 2.27. The molecule has 7 nitrogen and oxygen atoms in total. The first-order valence-corrected chi connectivity index (χ1v) is 7.70. The van der Waals surface area contributed by atoms with E-state index >= 15 is 0 Å². The number of rotatable bonds is 7. The molecule has 1 aromatic heterocycles. The summed E-state index contributed by atoms with van der Waals surface area (Å²) < 4.78 is 12.8. The van der Waals surface area contributed by atoms with Crippen LogP contribution < -0.4 is 4.74 Å². The molecule has 0 bridgehead atoms. The molecule has 0 saturated heterocycles. The molecule has 0 aliphatic carbocycles. The van der Waals surface area contributed by atoms with Crippen molar-refractivity contribution in [2.24, 2.45) is 0 Å². The Morgan fingerprint density at radius 3 is 3.00 bits per heavy atom. The van der Waals surface area contributed by atoms with E-state index in [1.54, 1.807) is 4.57 Å². The van der Waals surface area contributed by atoms with Crippen LogP contribution in [0.3, 0.4) is 0 Å². The zero-order valence-electron chi connectivity index (χ0n) is 13.8. The van der Waals surface area contributed by atoms with Gasteiger partial charge in [0, 0.05) is 4.98 Å². The molecular formula is C16H23N3O4. The Balaban J connectivity index is 1.79. The molecule has 0 spiro atoms. The Morgan fingerprint density at radius 1 is 1.52 bits per heavy atom. The summed E-state index contributed by atoms with van der Waals surface area (Å²) in [4.78, 5) is 14.0. The highest BCUT2D eigenvalue weighted by Crippen LogP contribution is 2.22. The minimum Gasteiger partial charge on any atom is -0.443 e. The van der Waals surface area contributed by atoms with Gasteiger partial charge >= 0.3 is 11.8 Å². The van der Waals surface area contributed by atoms with Crippen LogP contribution in [-0.4, -0.2) is 33.8 Å². The Labute approximate surface area is 135 Å². The van der Waals surface area contributed by atoms with E-state index in [-0.39, 0.29) is 17.9 Å². The van der Waals surface area contributed by atoms with Crippen LogP contribution in [0.2, 0.25) is 0 Å². The highest BCUT2D eigenvalue weighted by molar-refractivity contribution is 5.21. The first-order chi connectivity index (χ1) is 11.0. The molecule has 2 heterocycles. The van der Waals surface area contributed by atoms with Gasteiger partial charge in [-0.2, -0.15) is 0 Å². The van der Waals surface area contributed by atoms with Crippen molar-refractivity contribution >= 4 is 5.82 Å². The van der Waals surface area contributed by atoms with Gasteiger partial charge in [-0.05, 0) is 38.5 Å². The maximum absolute atomic E-state index is 10.7. The molecule has 1 aromatic rings. The van der Waals surface area contributed by atoms with Crippen molar-refractivity contribution < 1.29 is 14.4 Å². The topological polar surface area (TPSA) is 79.4 Å². The average molecular weight is 321 g/mol. The third-order valence-corrected chi connectivity index (χ3v) is 3.57. The van der Waals surface area contributed by atoms with Gasteiger partial charge in [-0.3, -0.25) is 4.57 Å². The maximum Gasteiger partial charge on any atom is 0.414 e. The zero-order valence-corrected chi connectivity index (χ0v) is 13.8. The standard InChI is InChI=1S/C16H23N3O4/c1-12(2)5-4-6-13(3)7-8-22-14-9-18-10-15(19(20)21)17-16(18)23-11-14/h5,7,10,14H,4,6,8-9,11H2,1-3H3/t14-/m1/s1. The molecule has 1 aliphatic heterocycles. The average Bonchev–Trinajstić information content (AvgIpc) is 2.90. The molecule has 126 valence electrons. The predicted molar refractivity (Wildman–Crippen MR) is 86.5 cm³/mol. The van der Waals surface area contributed by atoms with Gasteiger partial charge in [0.25, 0.3) is 0 Å². The van der Waals surface area contributed by atoms with Crippen molar-refractivity contribution in [1.29, 1.82) is 0 Å². The second-order valence-corrected chi connectivity index (χ2v) is 5.93. The van der Waals surface area contributed by atoms with Crippen molar-refractivity contribution in [3.05, 3.63) is 39.6 Å². The van der Waals surface area contributed by atoms with Crippen LogP contribution in [0.4, 0.5) is 5.82 Å². The fourth-order valence-corrected chi connectivity index (χ4v) is 2.28. The fraction of sp³-hybridized carbons (Fsp3) is 0.562. The summed E-state index contributed by atoms with van der Waals surface area (Å²) in [7, 11) is 0. The van der Waals surface area contributed by atoms with Gasteiger partial charge in [-0.25, -0.2) is 0 Å². The van der Waals surface area contributed by atoms with Crippen molar-refractivity contribution in [3.63, 3.8) is 0 Å². The van der Waals surface area contributed by atoms with Gasteiger partial charge < -0.3 is 19.6 Å². The van der Waals surface area contributed by atoms with Crippen LogP contribution >= 0.6 is 0 Å². The van der Waals surface area contributed by atoms with Crippen molar-refractivity contribution in [2.75, 3.05) is 13.2 Å². The Hall–Kier alpha value is -2.15. The minimum absolute atomic E-state index is 0.127. The Kier molecular flexibility index (Phi) is 5.92. The molecule has 0 saturated carbocycles. The number of hydrogen-bond donors (Lipinski definition) is 0. The molecule has 1 aliphatic rings. The van der Waals surface area contributed by atoms with E-state index in [1.165, 1.54) is 17.3 Å². The van der Waals surface area contributed by atoms with Crippen LogP contribution in [0.5, 0.6) is 6.01 Å². The SMILES string of the molecule is CC(C)=CCCC(C)=CCO[C@H]1COc2nc([N+](=O)[O-])cn2C1. The summed E-state index contributed by atoms with van der Waals surface area (Å²) in [5, 5.41) is 10.7. The first-order valence-electron chi connectivity index (χ1n) is 7.70. The van der Waals surface area contributed by atoms with Crippen molar-refractivity contribution in [2.45, 2.75) is 46.3 Å². The predicted octanol–water partition coefficient (Wildman–Crippen LogP) is 3.26. The molecule has 0 fully saturated rings. The minimum atomic E-state index is -0.525. The smallest absolute Gasteiger partial charge is 0.414 e. The van der Waals surface area contributed by atoms with Crippen molar-refractivity contribution in [3.8, 4) is 6.01 Å². The quantitative estimate of drug-likeness (QED) is 0.437. The third kappa shape index (κ3) is 5.21. The first kappa shape index (κ1) is 17.2. The van der Waals surface area contributed by atoms with Crippen LogP contribution in [0.25, 0.3) is 0 Å². The number of hydrogen-bond acceptors (Lipinski definition) is 5. The monoisotopic (exact) mass is 321 g/mol. The molecule has 2 rings (SSSR count). The van der Waals surface area contributed by atoms with E-state index in [0.717, 1.165) is 12.8 Å². The van der Waals surface area contributed by atoms with Gasteiger partial charge in [0.05, 0.1) is 13.2 Å². The van der Waals surface area contributed by atoms with E-state index in [0.29, 0.717) is 19.8 Å². The lowest BCUT2D eigenvalue weighted by Crippen LogP contribution is -2.32. The maximum atomic E-state index is 10.7. The highest BCUT2D eigenvalue weighted by atomic mass is 16.6. The number of allylic oxidation sites excluding steroid dienone is 3. The molecule has 0 amide bonds.